The lowest BCUT2D eigenvalue weighted by molar-refractivity contribution is 0.630. The molecule has 0 N–H and O–H groups in total. The van der Waals surface area contributed by atoms with Crippen molar-refractivity contribution in [3.63, 3.8) is 0 Å². The highest BCUT2D eigenvalue weighted by atomic mass is 15.2. The lowest BCUT2D eigenvalue weighted by Gasteiger charge is -2.43. The quantitative estimate of drug-likeness (QED) is 0.150. The van der Waals surface area contributed by atoms with Crippen LogP contribution < -0.4 is 9.80 Å². The van der Waals surface area contributed by atoms with Gasteiger partial charge in [-0.15, -0.1) is 0 Å². The maximum absolute atomic E-state index is 2.63. The van der Waals surface area contributed by atoms with Crippen LogP contribution >= 0.6 is 0 Å². The average Bonchev–Trinajstić information content (AvgIpc) is 3.79. The second-order valence-electron chi connectivity index (χ2n) is 21.2. The summed E-state index contributed by atoms with van der Waals surface area (Å²) < 4.78 is 0. The smallest absolute Gasteiger partial charge is 0.0727 e. The summed E-state index contributed by atoms with van der Waals surface area (Å²) in [4.78, 5) is 5.17. The molecule has 0 aromatic heterocycles. The van der Waals surface area contributed by atoms with E-state index in [1.807, 2.05) is 0 Å². The van der Waals surface area contributed by atoms with Crippen LogP contribution in [0.3, 0.4) is 0 Å². The van der Waals surface area contributed by atoms with Gasteiger partial charge in [0.05, 0.1) is 28.2 Å². The van der Waals surface area contributed by atoms with Crippen molar-refractivity contribution in [2.45, 2.75) is 110 Å². The van der Waals surface area contributed by atoms with Gasteiger partial charge in [-0.1, -0.05) is 163 Å². The number of benzene rings is 8. The molecule has 8 aromatic carbocycles. The lowest BCUT2D eigenvalue weighted by atomic mass is 9.67. The molecule has 0 fully saturated rings. The SMILES string of the molecule is CCCCc1ccc(N2c3ccc(C)cc3C(C)(C)c3cc4c(cc32)C2(c3ccccc3-c3ccccc32)c2cc3c(cc2-4)C(C)(C)c2cc(C)ccc2N3c2ccc(CCCC)cc2)cc1. The maximum Gasteiger partial charge on any atom is 0.0727 e. The normalized spacial score (nSPS) is 15.8. The van der Waals surface area contributed by atoms with E-state index in [0.717, 1.165) is 12.8 Å². The molecule has 0 saturated heterocycles. The molecule has 2 heteroatoms. The molecule has 2 aliphatic carbocycles. The van der Waals surface area contributed by atoms with E-state index in [1.54, 1.807) is 0 Å². The summed E-state index contributed by atoms with van der Waals surface area (Å²) in [6.45, 7) is 18.9. The van der Waals surface area contributed by atoms with E-state index in [2.05, 4.69) is 223 Å². The summed E-state index contributed by atoms with van der Waals surface area (Å²) >= 11 is 0. The van der Waals surface area contributed by atoms with Crippen LogP contribution in [0.4, 0.5) is 34.1 Å². The molecular weight excluding hydrogens is 809 g/mol. The van der Waals surface area contributed by atoms with E-state index in [1.165, 1.54) is 149 Å². The summed E-state index contributed by atoms with van der Waals surface area (Å²) in [5.41, 5.74) is 28.1. The third-order valence-corrected chi connectivity index (χ3v) is 16.3. The Balaban J connectivity index is 1.17. The number of nitrogens with zero attached hydrogens (tertiary/aromatic N) is 2. The van der Waals surface area contributed by atoms with Gasteiger partial charge in [0.1, 0.15) is 0 Å². The zero-order valence-corrected chi connectivity index (χ0v) is 40.6. The van der Waals surface area contributed by atoms with Crippen molar-refractivity contribution in [1.82, 2.24) is 0 Å². The number of unbranched alkanes of at least 4 members (excludes halogenated alkanes) is 2. The first kappa shape index (κ1) is 41.8. The van der Waals surface area contributed by atoms with Crippen LogP contribution in [-0.4, -0.2) is 0 Å². The minimum absolute atomic E-state index is 0.255. The Kier molecular flexibility index (Phi) is 9.47. The first-order chi connectivity index (χ1) is 32.5. The summed E-state index contributed by atoms with van der Waals surface area (Å²) in [7, 11) is 0. The van der Waals surface area contributed by atoms with Crippen LogP contribution in [-0.2, 0) is 29.1 Å². The molecule has 67 heavy (non-hydrogen) atoms. The van der Waals surface area contributed by atoms with Crippen molar-refractivity contribution < 1.29 is 0 Å². The molecule has 0 radical (unpaired) electrons. The molecule has 0 amide bonds. The van der Waals surface area contributed by atoms with Crippen molar-refractivity contribution >= 4 is 34.1 Å². The van der Waals surface area contributed by atoms with E-state index in [4.69, 9.17) is 0 Å². The van der Waals surface area contributed by atoms with Gasteiger partial charge < -0.3 is 9.80 Å². The Morgan fingerprint density at radius 2 is 0.746 bits per heavy atom. The van der Waals surface area contributed by atoms with Crippen molar-refractivity contribution in [3.05, 3.63) is 224 Å². The van der Waals surface area contributed by atoms with Gasteiger partial charge in [0.25, 0.3) is 0 Å². The zero-order valence-electron chi connectivity index (χ0n) is 40.6. The largest absolute Gasteiger partial charge is 0.310 e. The molecule has 0 saturated carbocycles. The predicted octanol–water partition coefficient (Wildman–Crippen LogP) is 17.6. The van der Waals surface area contributed by atoms with Crippen LogP contribution in [0.5, 0.6) is 0 Å². The summed E-state index contributed by atoms with van der Waals surface area (Å²) in [6.07, 6.45) is 7.02. The van der Waals surface area contributed by atoms with Gasteiger partial charge in [-0.3, -0.25) is 0 Å². The van der Waals surface area contributed by atoms with Crippen LogP contribution in [0.1, 0.15) is 134 Å². The van der Waals surface area contributed by atoms with Crippen molar-refractivity contribution in [2.24, 2.45) is 0 Å². The third-order valence-electron chi connectivity index (χ3n) is 16.3. The average molecular weight is 871 g/mol. The number of aryl methyl sites for hydroxylation is 4. The van der Waals surface area contributed by atoms with Gasteiger partial charge >= 0.3 is 0 Å². The van der Waals surface area contributed by atoms with Crippen molar-refractivity contribution in [3.8, 4) is 22.3 Å². The number of rotatable bonds is 8. The van der Waals surface area contributed by atoms with Gasteiger partial charge in [-0.2, -0.15) is 0 Å². The molecule has 0 unspecified atom stereocenters. The van der Waals surface area contributed by atoms with Gasteiger partial charge in [0, 0.05) is 22.2 Å². The molecule has 2 heterocycles. The molecule has 0 bridgehead atoms. The van der Waals surface area contributed by atoms with Gasteiger partial charge in [-0.05, 0) is 178 Å². The summed E-state index contributed by atoms with van der Waals surface area (Å²) in [5, 5.41) is 0. The first-order valence-electron chi connectivity index (χ1n) is 25.0. The highest BCUT2D eigenvalue weighted by molar-refractivity contribution is 6.00. The topological polar surface area (TPSA) is 6.48 Å². The molecule has 0 atom stereocenters. The van der Waals surface area contributed by atoms with Crippen molar-refractivity contribution in [2.75, 3.05) is 9.80 Å². The number of anilines is 6. The standard InChI is InChI=1S/C65H62N2/c1-9-11-17-43-25-29-45(30-26-43)66-59-33-23-41(3)35-55(59)63(5,6)57-37-49-50-38-58-62(67(46-31-27-44(28-32-46)18-12-10-2)60-34-24-42(4)36-56(60)64(58,7)8)40-54(50)65(53(49)39-61(57)66)51-21-15-13-19-47(51)48-20-14-16-22-52(48)65/h13-16,19-40H,9-12,17-18H2,1-8H3. The monoisotopic (exact) mass is 870 g/mol. The Labute approximate surface area is 399 Å². The predicted molar refractivity (Wildman–Crippen MR) is 283 cm³/mol. The Hall–Kier alpha value is -6.64. The van der Waals surface area contributed by atoms with Crippen LogP contribution in [0.25, 0.3) is 22.3 Å². The van der Waals surface area contributed by atoms with Crippen LogP contribution in [0.2, 0.25) is 0 Å². The molecular formula is C65H62N2. The Morgan fingerprint density at radius 1 is 0.358 bits per heavy atom. The zero-order chi connectivity index (χ0) is 46.0. The first-order valence-corrected chi connectivity index (χ1v) is 25.0. The van der Waals surface area contributed by atoms with E-state index in [9.17, 15) is 0 Å². The van der Waals surface area contributed by atoms with Crippen LogP contribution in [0, 0.1) is 13.8 Å². The molecule has 2 aliphatic heterocycles. The summed E-state index contributed by atoms with van der Waals surface area (Å²) in [6, 6.07) is 62.2. The lowest BCUT2D eigenvalue weighted by Crippen LogP contribution is -2.33. The van der Waals surface area contributed by atoms with Gasteiger partial charge in [0.15, 0.2) is 0 Å². The van der Waals surface area contributed by atoms with Gasteiger partial charge in [-0.25, -0.2) is 0 Å². The van der Waals surface area contributed by atoms with E-state index >= 15 is 0 Å². The molecule has 1 spiro atoms. The highest BCUT2D eigenvalue weighted by Crippen LogP contribution is 2.67. The van der Waals surface area contributed by atoms with Gasteiger partial charge in [0.2, 0.25) is 0 Å². The molecule has 332 valence electrons. The minimum atomic E-state index is -0.539. The second-order valence-corrected chi connectivity index (χ2v) is 21.2. The molecule has 12 rings (SSSR count). The molecule has 4 aliphatic rings. The fourth-order valence-electron chi connectivity index (χ4n) is 12.8. The second kappa shape index (κ2) is 15.2. The number of hydrogen-bond donors (Lipinski definition) is 0. The highest BCUT2D eigenvalue weighted by Gasteiger charge is 2.54. The molecule has 2 nitrogen and oxygen atoms in total. The fourth-order valence-corrected chi connectivity index (χ4v) is 12.8. The van der Waals surface area contributed by atoms with E-state index < -0.39 is 5.41 Å². The fraction of sp³-hybridized carbons (Fsp3) is 0.262. The number of fused-ring (bicyclic) bond motifs is 14. The van der Waals surface area contributed by atoms with E-state index in [0.29, 0.717) is 0 Å². The maximum atomic E-state index is 2.63. The van der Waals surface area contributed by atoms with Crippen molar-refractivity contribution in [1.29, 1.82) is 0 Å². The van der Waals surface area contributed by atoms with Crippen LogP contribution in [0.15, 0.2) is 158 Å². The summed E-state index contributed by atoms with van der Waals surface area (Å²) in [5.74, 6) is 0. The minimum Gasteiger partial charge on any atom is -0.310 e. The van der Waals surface area contributed by atoms with E-state index in [-0.39, 0.29) is 10.8 Å². The third kappa shape index (κ3) is 5.94. The Morgan fingerprint density at radius 3 is 1.15 bits per heavy atom. The molecule has 8 aromatic rings. The Bertz CT molecular complexity index is 3070. The number of hydrogen-bond acceptors (Lipinski definition) is 2.